The second kappa shape index (κ2) is 6.49. The van der Waals surface area contributed by atoms with Gasteiger partial charge in [0, 0.05) is 16.2 Å². The van der Waals surface area contributed by atoms with Crippen molar-refractivity contribution in [2.24, 2.45) is 0 Å². The summed E-state index contributed by atoms with van der Waals surface area (Å²) in [6.45, 7) is 4.65. The quantitative estimate of drug-likeness (QED) is 0.637. The standard InChI is InChI=1S/C15H16BrN3O4/c1-8(2)19-14(22)13(21)18(15(19)23)7-12(20)17-10-5-4-9(3)11(16)6-10/h4-6,8H,7H2,1-3H3,(H,17,20). The average molecular weight is 382 g/mol. The minimum atomic E-state index is -0.982. The summed E-state index contributed by atoms with van der Waals surface area (Å²) in [4.78, 5) is 49.2. The van der Waals surface area contributed by atoms with E-state index in [2.05, 4.69) is 21.2 Å². The lowest BCUT2D eigenvalue weighted by atomic mass is 10.2. The highest BCUT2D eigenvalue weighted by Crippen LogP contribution is 2.21. The summed E-state index contributed by atoms with van der Waals surface area (Å²) in [6.07, 6.45) is 0. The van der Waals surface area contributed by atoms with Gasteiger partial charge in [0.05, 0.1) is 0 Å². The van der Waals surface area contributed by atoms with Gasteiger partial charge in [0.15, 0.2) is 0 Å². The van der Waals surface area contributed by atoms with Crippen LogP contribution in [0.4, 0.5) is 10.5 Å². The lowest BCUT2D eigenvalue weighted by molar-refractivity contribution is -0.144. The number of carbonyl (C=O) groups excluding carboxylic acids is 4. The van der Waals surface area contributed by atoms with Crippen LogP contribution in [0.3, 0.4) is 0 Å². The summed E-state index contributed by atoms with van der Waals surface area (Å²) in [5.74, 6) is -2.44. The zero-order chi connectivity index (χ0) is 17.3. The van der Waals surface area contributed by atoms with E-state index in [1.807, 2.05) is 13.0 Å². The minimum Gasteiger partial charge on any atom is -0.324 e. The van der Waals surface area contributed by atoms with Crippen molar-refractivity contribution in [2.75, 3.05) is 11.9 Å². The molecule has 1 aromatic carbocycles. The molecule has 1 aliphatic heterocycles. The Labute approximate surface area is 141 Å². The van der Waals surface area contributed by atoms with Crippen LogP contribution >= 0.6 is 15.9 Å². The van der Waals surface area contributed by atoms with Crippen molar-refractivity contribution < 1.29 is 19.2 Å². The summed E-state index contributed by atoms with van der Waals surface area (Å²) in [7, 11) is 0. The van der Waals surface area contributed by atoms with Gasteiger partial charge < -0.3 is 5.32 Å². The number of anilines is 1. The Morgan fingerprint density at radius 2 is 1.87 bits per heavy atom. The van der Waals surface area contributed by atoms with E-state index in [1.54, 1.807) is 26.0 Å². The third-order valence-electron chi connectivity index (χ3n) is 3.36. The van der Waals surface area contributed by atoms with Gasteiger partial charge in [-0.15, -0.1) is 0 Å². The SMILES string of the molecule is Cc1ccc(NC(=O)CN2C(=O)C(=O)N(C(C)C)C2=O)cc1Br. The smallest absolute Gasteiger partial charge is 0.324 e. The Kier molecular flexibility index (Phi) is 4.84. The second-order valence-corrected chi connectivity index (χ2v) is 6.31. The molecule has 0 bridgehead atoms. The molecule has 1 fully saturated rings. The van der Waals surface area contributed by atoms with E-state index in [4.69, 9.17) is 0 Å². The molecule has 1 aliphatic rings. The van der Waals surface area contributed by atoms with Gasteiger partial charge in [-0.1, -0.05) is 22.0 Å². The lowest BCUT2D eigenvalue weighted by Crippen LogP contribution is -2.40. The highest BCUT2D eigenvalue weighted by atomic mass is 79.9. The fourth-order valence-electron chi connectivity index (χ4n) is 2.13. The Bertz CT molecular complexity index is 702. The third kappa shape index (κ3) is 3.42. The Balaban J connectivity index is 2.08. The number of nitrogens with zero attached hydrogens (tertiary/aromatic N) is 2. The molecule has 1 N–H and O–H groups in total. The third-order valence-corrected chi connectivity index (χ3v) is 4.21. The van der Waals surface area contributed by atoms with Crippen molar-refractivity contribution in [2.45, 2.75) is 26.8 Å². The van der Waals surface area contributed by atoms with E-state index in [-0.39, 0.29) is 0 Å². The first-order valence-corrected chi connectivity index (χ1v) is 7.76. The predicted octanol–water partition coefficient (Wildman–Crippen LogP) is 1.90. The van der Waals surface area contributed by atoms with Gasteiger partial charge in [0.2, 0.25) is 5.91 Å². The molecule has 0 atom stereocenters. The molecule has 1 saturated heterocycles. The number of rotatable bonds is 4. The van der Waals surface area contributed by atoms with Gasteiger partial charge in [-0.2, -0.15) is 0 Å². The number of amides is 5. The molecule has 0 radical (unpaired) electrons. The van der Waals surface area contributed by atoms with Crippen LogP contribution < -0.4 is 5.32 Å². The van der Waals surface area contributed by atoms with E-state index in [0.29, 0.717) is 10.6 Å². The number of aryl methyl sites for hydroxylation is 1. The zero-order valence-corrected chi connectivity index (χ0v) is 14.5. The first-order chi connectivity index (χ1) is 10.7. The maximum Gasteiger partial charge on any atom is 0.334 e. The van der Waals surface area contributed by atoms with Crippen molar-refractivity contribution in [1.29, 1.82) is 0 Å². The molecule has 0 aliphatic carbocycles. The van der Waals surface area contributed by atoms with E-state index in [0.717, 1.165) is 14.9 Å². The number of benzene rings is 1. The molecule has 0 saturated carbocycles. The topological polar surface area (TPSA) is 86.8 Å². The van der Waals surface area contributed by atoms with Crippen LogP contribution in [0.1, 0.15) is 19.4 Å². The number of urea groups is 1. The van der Waals surface area contributed by atoms with Gasteiger partial charge in [0.25, 0.3) is 0 Å². The van der Waals surface area contributed by atoms with Crippen molar-refractivity contribution in [1.82, 2.24) is 9.80 Å². The molecule has 23 heavy (non-hydrogen) atoms. The highest BCUT2D eigenvalue weighted by molar-refractivity contribution is 9.10. The number of halogens is 1. The highest BCUT2D eigenvalue weighted by Gasteiger charge is 2.46. The lowest BCUT2D eigenvalue weighted by Gasteiger charge is -2.18. The van der Waals surface area contributed by atoms with E-state index < -0.39 is 36.3 Å². The second-order valence-electron chi connectivity index (χ2n) is 5.45. The van der Waals surface area contributed by atoms with Crippen molar-refractivity contribution in [3.8, 4) is 0 Å². The van der Waals surface area contributed by atoms with Crippen molar-refractivity contribution >= 4 is 45.4 Å². The van der Waals surface area contributed by atoms with E-state index in [1.165, 1.54) is 0 Å². The molecule has 8 heteroatoms. The van der Waals surface area contributed by atoms with Gasteiger partial charge in [0.1, 0.15) is 6.54 Å². The molecule has 2 rings (SSSR count). The van der Waals surface area contributed by atoms with Gasteiger partial charge >= 0.3 is 17.8 Å². The first-order valence-electron chi connectivity index (χ1n) is 6.97. The van der Waals surface area contributed by atoms with Crippen LogP contribution in [0.5, 0.6) is 0 Å². The van der Waals surface area contributed by atoms with Crippen LogP contribution in [-0.2, 0) is 14.4 Å². The number of carbonyl (C=O) groups is 4. The molecular weight excluding hydrogens is 366 g/mol. The molecule has 5 amide bonds. The molecular formula is C15H16BrN3O4. The van der Waals surface area contributed by atoms with Gasteiger partial charge in [-0.05, 0) is 38.5 Å². The van der Waals surface area contributed by atoms with Crippen LogP contribution in [0.15, 0.2) is 22.7 Å². The molecule has 1 heterocycles. The maximum atomic E-state index is 12.1. The van der Waals surface area contributed by atoms with Crippen LogP contribution in [0, 0.1) is 6.92 Å². The number of imide groups is 2. The number of nitrogens with one attached hydrogen (secondary N) is 1. The number of hydrogen-bond acceptors (Lipinski definition) is 4. The Morgan fingerprint density at radius 1 is 1.22 bits per heavy atom. The average Bonchev–Trinajstić information content (AvgIpc) is 2.67. The maximum absolute atomic E-state index is 12.1. The predicted molar refractivity (Wildman–Crippen MR) is 86.6 cm³/mol. The molecule has 122 valence electrons. The zero-order valence-electron chi connectivity index (χ0n) is 12.9. The molecule has 0 aromatic heterocycles. The van der Waals surface area contributed by atoms with Crippen molar-refractivity contribution in [3.05, 3.63) is 28.2 Å². The summed E-state index contributed by atoms with van der Waals surface area (Å²) >= 11 is 3.35. The van der Waals surface area contributed by atoms with Gasteiger partial charge in [-0.3, -0.25) is 19.3 Å². The summed E-state index contributed by atoms with van der Waals surface area (Å²) in [5.41, 5.74) is 1.53. The van der Waals surface area contributed by atoms with E-state index in [9.17, 15) is 19.2 Å². The van der Waals surface area contributed by atoms with Crippen molar-refractivity contribution in [3.63, 3.8) is 0 Å². The molecule has 1 aromatic rings. The monoisotopic (exact) mass is 381 g/mol. The summed E-state index contributed by atoms with van der Waals surface area (Å²) < 4.78 is 0.824. The van der Waals surface area contributed by atoms with Gasteiger partial charge in [-0.25, -0.2) is 9.69 Å². The van der Waals surface area contributed by atoms with Crippen LogP contribution in [0.2, 0.25) is 0 Å². The molecule has 7 nitrogen and oxygen atoms in total. The largest absolute Gasteiger partial charge is 0.334 e. The normalized spacial score (nSPS) is 14.9. The minimum absolute atomic E-state index is 0.444. The number of hydrogen-bond donors (Lipinski definition) is 1. The fourth-order valence-corrected chi connectivity index (χ4v) is 2.51. The first kappa shape index (κ1) is 17.1. The molecule has 0 unspecified atom stereocenters. The van der Waals surface area contributed by atoms with Crippen LogP contribution in [0.25, 0.3) is 0 Å². The Morgan fingerprint density at radius 3 is 2.39 bits per heavy atom. The Hall–Kier alpha value is -2.22. The summed E-state index contributed by atoms with van der Waals surface area (Å²) in [6, 6.07) is 4.02. The summed E-state index contributed by atoms with van der Waals surface area (Å²) in [5, 5.41) is 2.59. The van der Waals surface area contributed by atoms with E-state index >= 15 is 0 Å². The van der Waals surface area contributed by atoms with Crippen LogP contribution in [-0.4, -0.2) is 46.1 Å². The fraction of sp³-hybridized carbons (Fsp3) is 0.333. The molecule has 0 spiro atoms.